The largest absolute Gasteiger partial charge is 0.347 e. The van der Waals surface area contributed by atoms with Crippen molar-refractivity contribution >= 4 is 52.5 Å². The Hall–Kier alpha value is -0.910. The van der Waals surface area contributed by atoms with Gasteiger partial charge in [0.05, 0.1) is 5.54 Å². The van der Waals surface area contributed by atoms with E-state index in [1.54, 1.807) is 0 Å². The summed E-state index contributed by atoms with van der Waals surface area (Å²) in [7, 11) is 0. The Morgan fingerprint density at radius 1 is 1.16 bits per heavy atom. The van der Waals surface area contributed by atoms with E-state index < -0.39 is 0 Å². The highest BCUT2D eigenvalue weighted by molar-refractivity contribution is 8.14. The van der Waals surface area contributed by atoms with Gasteiger partial charge in [0.15, 0.2) is 5.17 Å². The van der Waals surface area contributed by atoms with Gasteiger partial charge in [0.2, 0.25) is 5.91 Å². The fourth-order valence-electron chi connectivity index (χ4n) is 6.74. The van der Waals surface area contributed by atoms with Crippen molar-refractivity contribution in [2.75, 3.05) is 17.6 Å². The molecule has 5 aliphatic rings. The van der Waals surface area contributed by atoms with Crippen LogP contribution in [-0.2, 0) is 4.79 Å². The van der Waals surface area contributed by atoms with Crippen LogP contribution in [0.1, 0.15) is 64.7 Å². The SMILES string of the molecule is CCCCN1/C(=N/C23CC4CC(CC(C4)C2)C3)SCC1CC(=O)Nc1ccc(Cl)cc1.Cl. The first-order chi connectivity index (χ1) is 15.0. The predicted molar refractivity (Wildman–Crippen MR) is 138 cm³/mol. The molecule has 4 nitrogen and oxygen atoms in total. The van der Waals surface area contributed by atoms with Gasteiger partial charge in [-0.25, -0.2) is 0 Å². The molecule has 4 bridgehead atoms. The number of rotatable bonds is 7. The number of amidine groups is 1. The highest BCUT2D eigenvalue weighted by Crippen LogP contribution is 2.57. The van der Waals surface area contributed by atoms with Crippen molar-refractivity contribution in [3.63, 3.8) is 0 Å². The van der Waals surface area contributed by atoms with Crippen molar-refractivity contribution in [2.24, 2.45) is 22.7 Å². The lowest BCUT2D eigenvalue weighted by molar-refractivity contribution is -0.116. The van der Waals surface area contributed by atoms with Gasteiger partial charge < -0.3 is 10.2 Å². The predicted octanol–water partition coefficient (Wildman–Crippen LogP) is 6.63. The lowest BCUT2D eigenvalue weighted by Gasteiger charge is -2.55. The lowest BCUT2D eigenvalue weighted by Crippen LogP contribution is -2.50. The number of amides is 1. The van der Waals surface area contributed by atoms with Crippen LogP contribution in [0.2, 0.25) is 5.02 Å². The van der Waals surface area contributed by atoms with Gasteiger partial charge in [-0.1, -0.05) is 36.7 Å². The average Bonchev–Trinajstić information content (AvgIpc) is 3.07. The molecule has 1 amide bonds. The van der Waals surface area contributed by atoms with Crippen molar-refractivity contribution in [2.45, 2.75) is 76.3 Å². The van der Waals surface area contributed by atoms with Gasteiger partial charge in [0.1, 0.15) is 0 Å². The molecule has 0 radical (unpaired) electrons. The molecule has 0 spiro atoms. The number of carbonyl (C=O) groups is 1. The first-order valence-electron chi connectivity index (χ1n) is 12.1. The molecule has 1 saturated heterocycles. The van der Waals surface area contributed by atoms with E-state index in [1.165, 1.54) is 43.7 Å². The molecule has 1 unspecified atom stereocenters. The van der Waals surface area contributed by atoms with Crippen LogP contribution in [0.15, 0.2) is 29.3 Å². The fourth-order valence-corrected chi connectivity index (χ4v) is 8.17. The minimum atomic E-state index is 0. The van der Waals surface area contributed by atoms with Gasteiger partial charge in [0, 0.05) is 35.5 Å². The van der Waals surface area contributed by atoms with E-state index in [2.05, 4.69) is 17.1 Å². The quantitative estimate of drug-likeness (QED) is 0.461. The Bertz CT molecular complexity index is 809. The number of carbonyl (C=O) groups excluding carboxylic acids is 1. The summed E-state index contributed by atoms with van der Waals surface area (Å²) in [6.07, 6.45) is 11.1. The number of unbranched alkanes of at least 4 members (excludes halogenated alkanes) is 1. The number of aliphatic imine (C=N–C) groups is 1. The van der Waals surface area contributed by atoms with Crippen molar-refractivity contribution in [1.82, 2.24) is 4.90 Å². The Kier molecular flexibility index (Phi) is 7.68. The topological polar surface area (TPSA) is 44.7 Å². The maximum Gasteiger partial charge on any atom is 0.226 e. The van der Waals surface area contributed by atoms with Crippen LogP contribution in [0.5, 0.6) is 0 Å². The molecule has 1 atom stereocenters. The van der Waals surface area contributed by atoms with Gasteiger partial charge in [-0.15, -0.1) is 12.4 Å². The van der Waals surface area contributed by atoms with Gasteiger partial charge in [0.25, 0.3) is 0 Å². The Morgan fingerprint density at radius 3 is 2.38 bits per heavy atom. The molecule has 4 aliphatic carbocycles. The number of anilines is 1. The number of nitrogens with zero attached hydrogens (tertiary/aromatic N) is 2. The zero-order chi connectivity index (χ0) is 21.4. The summed E-state index contributed by atoms with van der Waals surface area (Å²) in [5.41, 5.74) is 1.00. The van der Waals surface area contributed by atoms with E-state index in [0.717, 1.165) is 48.6 Å². The molecule has 32 heavy (non-hydrogen) atoms. The highest BCUT2D eigenvalue weighted by atomic mass is 35.5. The molecule has 1 aromatic carbocycles. The van der Waals surface area contributed by atoms with Crippen LogP contribution in [0.3, 0.4) is 0 Å². The fraction of sp³-hybridized carbons (Fsp3) is 0.680. The third kappa shape index (κ3) is 5.26. The highest BCUT2D eigenvalue weighted by Gasteiger charge is 2.51. The summed E-state index contributed by atoms with van der Waals surface area (Å²) in [5.74, 6) is 3.76. The Morgan fingerprint density at radius 2 is 1.78 bits per heavy atom. The Balaban J connectivity index is 0.00000245. The van der Waals surface area contributed by atoms with Crippen LogP contribution >= 0.6 is 35.8 Å². The van der Waals surface area contributed by atoms with E-state index in [1.807, 2.05) is 36.0 Å². The first-order valence-corrected chi connectivity index (χ1v) is 13.4. The summed E-state index contributed by atoms with van der Waals surface area (Å²) < 4.78 is 0. The molecular formula is C25H35Cl2N3OS. The van der Waals surface area contributed by atoms with Crippen molar-refractivity contribution in [1.29, 1.82) is 0 Å². The lowest BCUT2D eigenvalue weighted by atomic mass is 9.53. The number of benzene rings is 1. The molecule has 0 aromatic heterocycles. The minimum absolute atomic E-state index is 0. The molecule has 176 valence electrons. The first kappa shape index (κ1) is 24.2. The summed E-state index contributed by atoms with van der Waals surface area (Å²) in [6, 6.07) is 7.58. The van der Waals surface area contributed by atoms with Crippen LogP contribution in [0.25, 0.3) is 0 Å². The van der Waals surface area contributed by atoms with E-state index in [9.17, 15) is 4.79 Å². The zero-order valence-electron chi connectivity index (χ0n) is 18.9. The standard InChI is InChI=1S/C25H34ClN3OS.ClH/c1-2-3-8-29-22(12-23(30)27-21-6-4-20(26)5-7-21)16-31-24(29)28-25-13-17-9-18(14-25)11-19(10-17)15-25;/h4-7,17-19,22H,2-3,8-16H2,1H3,(H,27,30);1H/b28-24-;. The van der Waals surface area contributed by atoms with Gasteiger partial charge in [-0.3, -0.25) is 9.79 Å². The molecule has 1 aromatic rings. The monoisotopic (exact) mass is 495 g/mol. The van der Waals surface area contributed by atoms with Gasteiger partial charge in [-0.2, -0.15) is 0 Å². The molecule has 6 rings (SSSR count). The van der Waals surface area contributed by atoms with Crippen LogP contribution in [-0.4, -0.2) is 39.9 Å². The van der Waals surface area contributed by atoms with Gasteiger partial charge in [-0.05, 0) is 87.0 Å². The molecule has 7 heteroatoms. The number of nitrogens with one attached hydrogen (secondary N) is 1. The van der Waals surface area contributed by atoms with E-state index in [4.69, 9.17) is 16.6 Å². The number of halogens is 2. The molecule has 4 saturated carbocycles. The second kappa shape index (κ2) is 10.1. The van der Waals surface area contributed by atoms with E-state index in [0.29, 0.717) is 11.4 Å². The second-order valence-electron chi connectivity index (χ2n) is 10.3. The van der Waals surface area contributed by atoms with Crippen molar-refractivity contribution < 1.29 is 4.79 Å². The maximum absolute atomic E-state index is 12.8. The third-order valence-electron chi connectivity index (χ3n) is 7.73. The summed E-state index contributed by atoms with van der Waals surface area (Å²) in [4.78, 5) is 20.7. The van der Waals surface area contributed by atoms with Crippen LogP contribution in [0, 0.1) is 17.8 Å². The molecule has 1 N–H and O–H groups in total. The third-order valence-corrected chi connectivity index (χ3v) is 9.12. The summed E-state index contributed by atoms with van der Waals surface area (Å²) in [6.45, 7) is 3.24. The van der Waals surface area contributed by atoms with E-state index in [-0.39, 0.29) is 29.9 Å². The molecule has 1 aliphatic heterocycles. The normalized spacial score (nSPS) is 34.1. The molecule has 5 fully saturated rings. The second-order valence-corrected chi connectivity index (χ2v) is 11.7. The van der Waals surface area contributed by atoms with Crippen molar-refractivity contribution in [3.8, 4) is 0 Å². The molecular weight excluding hydrogens is 461 g/mol. The maximum atomic E-state index is 12.8. The van der Waals surface area contributed by atoms with Crippen LogP contribution < -0.4 is 5.32 Å². The zero-order valence-corrected chi connectivity index (χ0v) is 21.3. The van der Waals surface area contributed by atoms with Crippen molar-refractivity contribution in [3.05, 3.63) is 29.3 Å². The summed E-state index contributed by atoms with van der Waals surface area (Å²) >= 11 is 7.85. The average molecular weight is 497 g/mol. The minimum Gasteiger partial charge on any atom is -0.347 e. The summed E-state index contributed by atoms with van der Waals surface area (Å²) in [5, 5.41) is 4.94. The Labute approximate surface area is 207 Å². The smallest absolute Gasteiger partial charge is 0.226 e. The number of hydrogen-bond donors (Lipinski definition) is 1. The van der Waals surface area contributed by atoms with E-state index >= 15 is 0 Å². The number of thioether (sulfide) groups is 1. The van der Waals surface area contributed by atoms with Crippen LogP contribution in [0.4, 0.5) is 5.69 Å². The molecule has 1 heterocycles. The number of hydrogen-bond acceptors (Lipinski definition) is 3. The van der Waals surface area contributed by atoms with Gasteiger partial charge >= 0.3 is 0 Å².